The van der Waals surface area contributed by atoms with Gasteiger partial charge in [-0.05, 0) is 37.1 Å². The maximum Gasteiger partial charge on any atom is 0.511 e. The van der Waals surface area contributed by atoms with Gasteiger partial charge in [-0.1, -0.05) is 38.8 Å². The lowest BCUT2D eigenvalue weighted by Gasteiger charge is -2.17. The minimum absolute atomic E-state index is 0.0729. The average Bonchev–Trinajstić information content (AvgIpc) is 2.55. The number of rotatable bonds is 6. The Morgan fingerprint density at radius 1 is 1.25 bits per heavy atom. The zero-order valence-electron chi connectivity index (χ0n) is 14.0. The van der Waals surface area contributed by atoms with Gasteiger partial charge in [0.25, 0.3) is 0 Å². The van der Waals surface area contributed by atoms with Gasteiger partial charge in [0.15, 0.2) is 11.6 Å². The molecule has 1 atom stereocenters. The molecular weight excluding hydrogens is 328 g/mol. The summed E-state index contributed by atoms with van der Waals surface area (Å²) in [4.78, 5) is 20.2. The monoisotopic (exact) mass is 348 g/mol. The van der Waals surface area contributed by atoms with E-state index in [9.17, 15) is 4.79 Å². The Morgan fingerprint density at radius 2 is 1.92 bits per heavy atom. The van der Waals surface area contributed by atoms with Crippen LogP contribution in [0.2, 0.25) is 5.02 Å². The molecule has 1 aromatic heterocycles. The number of benzene rings is 1. The molecule has 0 amide bonds. The SMILES string of the molecule is CCCC(C)c1nc(-c2ccc(Cl)cc2)nc(CC)c1OC(=O)O. The fourth-order valence-corrected chi connectivity index (χ4v) is 2.71. The van der Waals surface area contributed by atoms with Crippen molar-refractivity contribution in [2.45, 2.75) is 46.0 Å². The Labute approximate surface area is 146 Å². The summed E-state index contributed by atoms with van der Waals surface area (Å²) in [6.45, 7) is 6.01. The molecule has 1 aromatic carbocycles. The van der Waals surface area contributed by atoms with Crippen LogP contribution in [-0.2, 0) is 6.42 Å². The van der Waals surface area contributed by atoms with Crippen LogP contribution in [0, 0.1) is 0 Å². The number of hydrogen-bond donors (Lipinski definition) is 1. The predicted molar refractivity (Wildman–Crippen MR) is 93.8 cm³/mol. The Kier molecular flexibility index (Phi) is 6.15. The third-order valence-corrected chi connectivity index (χ3v) is 4.03. The molecule has 0 saturated heterocycles. The van der Waals surface area contributed by atoms with E-state index in [2.05, 4.69) is 16.9 Å². The van der Waals surface area contributed by atoms with Crippen molar-refractivity contribution in [3.05, 3.63) is 40.7 Å². The first-order chi connectivity index (χ1) is 11.5. The molecular formula is C18H21ClN2O3. The van der Waals surface area contributed by atoms with Gasteiger partial charge in [-0.25, -0.2) is 14.8 Å². The molecule has 1 N–H and O–H groups in total. The van der Waals surface area contributed by atoms with Gasteiger partial charge in [0, 0.05) is 16.5 Å². The lowest BCUT2D eigenvalue weighted by Crippen LogP contribution is -2.13. The number of aromatic nitrogens is 2. The third-order valence-electron chi connectivity index (χ3n) is 3.78. The van der Waals surface area contributed by atoms with Crippen molar-refractivity contribution in [1.82, 2.24) is 9.97 Å². The summed E-state index contributed by atoms with van der Waals surface area (Å²) in [5.41, 5.74) is 2.06. The Bertz CT molecular complexity index is 717. The van der Waals surface area contributed by atoms with Gasteiger partial charge in [0.2, 0.25) is 0 Å². The minimum atomic E-state index is -1.35. The van der Waals surface area contributed by atoms with E-state index in [1.54, 1.807) is 12.1 Å². The number of hydrogen-bond acceptors (Lipinski definition) is 4. The summed E-state index contributed by atoms with van der Waals surface area (Å²) >= 11 is 5.94. The van der Waals surface area contributed by atoms with Crippen molar-refractivity contribution in [2.75, 3.05) is 0 Å². The summed E-state index contributed by atoms with van der Waals surface area (Å²) in [5.74, 6) is 0.895. The van der Waals surface area contributed by atoms with E-state index in [1.165, 1.54) is 0 Å². The van der Waals surface area contributed by atoms with Crippen LogP contribution in [0.5, 0.6) is 5.75 Å². The van der Waals surface area contributed by atoms with Crippen molar-refractivity contribution in [3.63, 3.8) is 0 Å². The van der Waals surface area contributed by atoms with Gasteiger partial charge >= 0.3 is 6.16 Å². The average molecular weight is 349 g/mol. The fraction of sp³-hybridized carbons (Fsp3) is 0.389. The third kappa shape index (κ3) is 4.23. The molecule has 5 nitrogen and oxygen atoms in total. The molecule has 128 valence electrons. The number of ether oxygens (including phenoxy) is 1. The largest absolute Gasteiger partial charge is 0.511 e. The van der Waals surface area contributed by atoms with Crippen LogP contribution in [0.25, 0.3) is 11.4 Å². The highest BCUT2D eigenvalue weighted by molar-refractivity contribution is 6.30. The zero-order chi connectivity index (χ0) is 17.7. The molecule has 0 bridgehead atoms. The van der Waals surface area contributed by atoms with Gasteiger partial charge in [-0.3, -0.25) is 0 Å². The van der Waals surface area contributed by atoms with Gasteiger partial charge in [-0.15, -0.1) is 0 Å². The van der Waals surface area contributed by atoms with Gasteiger partial charge < -0.3 is 9.84 Å². The van der Waals surface area contributed by atoms with Crippen molar-refractivity contribution >= 4 is 17.8 Å². The minimum Gasteiger partial charge on any atom is -0.449 e. The van der Waals surface area contributed by atoms with Crippen molar-refractivity contribution in [3.8, 4) is 17.1 Å². The van der Waals surface area contributed by atoms with E-state index in [0.29, 0.717) is 28.7 Å². The van der Waals surface area contributed by atoms with Crippen LogP contribution >= 0.6 is 11.6 Å². The lowest BCUT2D eigenvalue weighted by atomic mass is 9.99. The molecule has 0 radical (unpaired) electrons. The summed E-state index contributed by atoms with van der Waals surface area (Å²) in [5, 5.41) is 9.69. The highest BCUT2D eigenvalue weighted by Gasteiger charge is 2.22. The summed E-state index contributed by atoms with van der Waals surface area (Å²) in [6, 6.07) is 7.26. The molecule has 0 spiro atoms. The number of carboxylic acid groups (broad SMARTS) is 1. The molecule has 2 rings (SSSR count). The molecule has 6 heteroatoms. The van der Waals surface area contributed by atoms with Crippen LogP contribution in [-0.4, -0.2) is 21.2 Å². The standard InChI is InChI=1S/C18H21ClN2O3/c1-4-6-11(3)15-16(24-18(22)23)14(5-2)20-17(21-15)12-7-9-13(19)10-8-12/h7-11H,4-6H2,1-3H3,(H,22,23). The number of carbonyl (C=O) groups is 1. The fourth-order valence-electron chi connectivity index (χ4n) is 2.59. The van der Waals surface area contributed by atoms with E-state index >= 15 is 0 Å². The molecule has 24 heavy (non-hydrogen) atoms. The highest BCUT2D eigenvalue weighted by atomic mass is 35.5. The van der Waals surface area contributed by atoms with Crippen molar-refractivity contribution < 1.29 is 14.6 Å². The maximum absolute atomic E-state index is 11.1. The Morgan fingerprint density at radius 3 is 2.46 bits per heavy atom. The molecule has 0 aliphatic rings. The van der Waals surface area contributed by atoms with Gasteiger partial charge in [-0.2, -0.15) is 0 Å². The van der Waals surface area contributed by atoms with Gasteiger partial charge in [0.05, 0.1) is 11.4 Å². The molecule has 2 aromatic rings. The van der Waals surface area contributed by atoms with E-state index in [1.807, 2.05) is 26.0 Å². The van der Waals surface area contributed by atoms with E-state index < -0.39 is 6.16 Å². The number of aryl methyl sites for hydroxylation is 1. The van der Waals surface area contributed by atoms with Crippen LogP contribution in [0.3, 0.4) is 0 Å². The molecule has 1 unspecified atom stereocenters. The number of nitrogens with zero attached hydrogens (tertiary/aromatic N) is 2. The normalized spacial score (nSPS) is 12.0. The van der Waals surface area contributed by atoms with E-state index in [-0.39, 0.29) is 11.7 Å². The van der Waals surface area contributed by atoms with Crippen molar-refractivity contribution in [1.29, 1.82) is 0 Å². The molecule has 0 saturated carbocycles. The predicted octanol–water partition coefficient (Wildman–Crippen LogP) is 5.32. The highest BCUT2D eigenvalue weighted by Crippen LogP contribution is 2.33. The van der Waals surface area contributed by atoms with E-state index in [4.69, 9.17) is 21.4 Å². The second kappa shape index (κ2) is 8.11. The first-order valence-corrected chi connectivity index (χ1v) is 8.41. The smallest absolute Gasteiger partial charge is 0.449 e. The van der Waals surface area contributed by atoms with Crippen LogP contribution in [0.4, 0.5) is 4.79 Å². The zero-order valence-corrected chi connectivity index (χ0v) is 14.8. The molecule has 0 aliphatic heterocycles. The first-order valence-electron chi connectivity index (χ1n) is 8.03. The molecule has 0 aliphatic carbocycles. The summed E-state index contributed by atoms with van der Waals surface area (Å²) in [6.07, 6.45) is 1.06. The summed E-state index contributed by atoms with van der Waals surface area (Å²) < 4.78 is 5.02. The van der Waals surface area contributed by atoms with Crippen LogP contribution in [0.1, 0.15) is 50.9 Å². The quantitative estimate of drug-likeness (QED) is 0.715. The van der Waals surface area contributed by atoms with Gasteiger partial charge in [0.1, 0.15) is 0 Å². The Hall–Kier alpha value is -2.14. The maximum atomic E-state index is 11.1. The lowest BCUT2D eigenvalue weighted by molar-refractivity contribution is 0.143. The van der Waals surface area contributed by atoms with E-state index in [0.717, 1.165) is 18.4 Å². The van der Waals surface area contributed by atoms with Crippen LogP contribution in [0.15, 0.2) is 24.3 Å². The van der Waals surface area contributed by atoms with Crippen LogP contribution < -0.4 is 4.74 Å². The summed E-state index contributed by atoms with van der Waals surface area (Å²) in [7, 11) is 0. The molecule has 0 fully saturated rings. The second-order valence-electron chi connectivity index (χ2n) is 5.63. The first kappa shape index (κ1) is 18.2. The van der Waals surface area contributed by atoms with Crippen molar-refractivity contribution in [2.24, 2.45) is 0 Å². The topological polar surface area (TPSA) is 72.3 Å². The Balaban J connectivity index is 2.60. The second-order valence-corrected chi connectivity index (χ2v) is 6.06. The molecule has 1 heterocycles. The number of halogens is 1.